The van der Waals surface area contributed by atoms with Crippen LogP contribution in [-0.2, 0) is 4.79 Å². The summed E-state index contributed by atoms with van der Waals surface area (Å²) in [6.45, 7) is 5.95. The molecule has 1 aromatic heterocycles. The Kier molecular flexibility index (Phi) is 3.66. The van der Waals surface area contributed by atoms with Crippen LogP contribution in [0.25, 0.3) is 0 Å². The first-order valence-electron chi connectivity index (χ1n) is 6.11. The van der Waals surface area contributed by atoms with Crippen molar-refractivity contribution >= 4 is 5.91 Å². The van der Waals surface area contributed by atoms with Gasteiger partial charge in [-0.3, -0.25) is 9.48 Å². The van der Waals surface area contributed by atoms with E-state index in [2.05, 4.69) is 5.10 Å². The third-order valence-corrected chi connectivity index (χ3v) is 2.93. The topological polar surface area (TPSA) is 47.4 Å². The minimum atomic E-state index is 0.0693. The van der Waals surface area contributed by atoms with Crippen molar-refractivity contribution in [3.63, 3.8) is 0 Å². The van der Waals surface area contributed by atoms with Crippen LogP contribution in [0.2, 0.25) is 0 Å². The number of rotatable bonds is 4. The lowest BCUT2D eigenvalue weighted by molar-refractivity contribution is -0.132. The molecule has 94 valence electrons. The molecule has 2 heterocycles. The Morgan fingerprint density at radius 1 is 1.47 bits per heavy atom. The summed E-state index contributed by atoms with van der Waals surface area (Å²) in [5, 5.41) is 4.16. The van der Waals surface area contributed by atoms with Gasteiger partial charge in [0.15, 0.2) is 12.4 Å². The molecule has 0 saturated carbocycles. The van der Waals surface area contributed by atoms with Gasteiger partial charge in [0.1, 0.15) is 0 Å². The van der Waals surface area contributed by atoms with E-state index in [1.165, 1.54) is 0 Å². The number of hydrogen-bond donors (Lipinski definition) is 0. The van der Waals surface area contributed by atoms with Gasteiger partial charge >= 0.3 is 0 Å². The average Bonchev–Trinajstić information content (AvgIpc) is 2.97. The second-order valence-corrected chi connectivity index (χ2v) is 4.63. The normalized spacial score (nSPS) is 15.6. The molecule has 1 amide bonds. The fourth-order valence-corrected chi connectivity index (χ4v) is 1.88. The number of ether oxygens (including phenoxy) is 1. The van der Waals surface area contributed by atoms with E-state index in [9.17, 15) is 4.79 Å². The predicted molar refractivity (Wildman–Crippen MR) is 63.9 cm³/mol. The molecule has 0 aliphatic carbocycles. The number of carbonyl (C=O) groups excluding carboxylic acids is 1. The van der Waals surface area contributed by atoms with Crippen LogP contribution in [0.15, 0.2) is 12.4 Å². The molecular formula is C12H19N3O2. The maximum absolute atomic E-state index is 11.7. The van der Waals surface area contributed by atoms with Crippen LogP contribution in [0, 0.1) is 0 Å². The van der Waals surface area contributed by atoms with Crippen LogP contribution in [0.3, 0.4) is 0 Å². The number of likely N-dealkylation sites (tertiary alicyclic amines) is 1. The van der Waals surface area contributed by atoms with Crippen LogP contribution in [0.1, 0.15) is 32.7 Å². The van der Waals surface area contributed by atoms with Gasteiger partial charge in [0.2, 0.25) is 0 Å². The van der Waals surface area contributed by atoms with Crippen LogP contribution < -0.4 is 4.74 Å². The Hall–Kier alpha value is -1.52. The van der Waals surface area contributed by atoms with Gasteiger partial charge < -0.3 is 9.64 Å². The summed E-state index contributed by atoms with van der Waals surface area (Å²) in [5.74, 6) is 0.728. The smallest absolute Gasteiger partial charge is 0.260 e. The van der Waals surface area contributed by atoms with E-state index in [4.69, 9.17) is 4.74 Å². The first-order chi connectivity index (χ1) is 8.16. The monoisotopic (exact) mass is 237 g/mol. The first-order valence-corrected chi connectivity index (χ1v) is 6.11. The minimum absolute atomic E-state index is 0.0693. The van der Waals surface area contributed by atoms with Crippen molar-refractivity contribution in [2.24, 2.45) is 0 Å². The molecule has 1 aliphatic rings. The molecule has 5 heteroatoms. The summed E-state index contributed by atoms with van der Waals surface area (Å²) in [6, 6.07) is 0.307. The Bertz CT molecular complexity index is 381. The fourth-order valence-electron chi connectivity index (χ4n) is 1.88. The Morgan fingerprint density at radius 2 is 2.18 bits per heavy atom. The quantitative estimate of drug-likeness (QED) is 0.796. The van der Waals surface area contributed by atoms with Crippen LogP contribution in [0.4, 0.5) is 0 Å². The zero-order chi connectivity index (χ0) is 12.3. The summed E-state index contributed by atoms with van der Waals surface area (Å²) >= 11 is 0. The van der Waals surface area contributed by atoms with Crippen molar-refractivity contribution in [3.8, 4) is 5.75 Å². The number of amides is 1. The van der Waals surface area contributed by atoms with E-state index >= 15 is 0 Å². The van der Waals surface area contributed by atoms with Gasteiger partial charge in [-0.1, -0.05) is 0 Å². The highest BCUT2D eigenvalue weighted by atomic mass is 16.5. The highest BCUT2D eigenvalue weighted by Crippen LogP contribution is 2.13. The lowest BCUT2D eigenvalue weighted by Gasteiger charge is -2.14. The lowest BCUT2D eigenvalue weighted by Crippen LogP contribution is -2.32. The van der Waals surface area contributed by atoms with Gasteiger partial charge in [0.25, 0.3) is 5.91 Å². The molecule has 0 unspecified atom stereocenters. The molecule has 0 N–H and O–H groups in total. The molecule has 0 atom stereocenters. The number of carbonyl (C=O) groups is 1. The van der Waals surface area contributed by atoms with Gasteiger partial charge in [-0.15, -0.1) is 0 Å². The summed E-state index contributed by atoms with van der Waals surface area (Å²) in [7, 11) is 0. The van der Waals surface area contributed by atoms with Crippen molar-refractivity contribution in [3.05, 3.63) is 12.4 Å². The van der Waals surface area contributed by atoms with Crippen molar-refractivity contribution < 1.29 is 9.53 Å². The van der Waals surface area contributed by atoms with E-state index in [-0.39, 0.29) is 12.5 Å². The zero-order valence-electron chi connectivity index (χ0n) is 10.4. The van der Waals surface area contributed by atoms with Gasteiger partial charge in [0.05, 0.1) is 12.4 Å². The van der Waals surface area contributed by atoms with Gasteiger partial charge in [-0.25, -0.2) is 0 Å². The third kappa shape index (κ3) is 2.99. The molecule has 5 nitrogen and oxygen atoms in total. The van der Waals surface area contributed by atoms with Crippen molar-refractivity contribution in [1.82, 2.24) is 14.7 Å². The van der Waals surface area contributed by atoms with E-state index in [0.717, 1.165) is 25.9 Å². The molecule has 1 saturated heterocycles. The second-order valence-electron chi connectivity index (χ2n) is 4.63. The van der Waals surface area contributed by atoms with Crippen molar-refractivity contribution in [2.75, 3.05) is 19.7 Å². The standard InChI is InChI=1S/C12H19N3O2/c1-10(2)15-8-11(7-13-15)17-9-12(16)14-5-3-4-6-14/h7-8,10H,3-6,9H2,1-2H3. The summed E-state index contributed by atoms with van der Waals surface area (Å²) in [5.41, 5.74) is 0. The Labute approximate surface area is 101 Å². The van der Waals surface area contributed by atoms with E-state index < -0.39 is 0 Å². The number of aromatic nitrogens is 2. The highest BCUT2D eigenvalue weighted by molar-refractivity contribution is 5.77. The van der Waals surface area contributed by atoms with Crippen LogP contribution >= 0.6 is 0 Å². The summed E-state index contributed by atoms with van der Waals surface area (Å²) in [4.78, 5) is 13.6. The fraction of sp³-hybridized carbons (Fsp3) is 0.667. The van der Waals surface area contributed by atoms with Gasteiger partial charge in [-0.2, -0.15) is 5.10 Å². The maximum Gasteiger partial charge on any atom is 0.260 e. The Morgan fingerprint density at radius 3 is 2.76 bits per heavy atom. The molecule has 0 bridgehead atoms. The van der Waals surface area contributed by atoms with E-state index in [1.54, 1.807) is 6.20 Å². The van der Waals surface area contributed by atoms with Crippen molar-refractivity contribution in [2.45, 2.75) is 32.7 Å². The minimum Gasteiger partial charge on any atom is -0.480 e. The van der Waals surface area contributed by atoms with Gasteiger partial charge in [-0.05, 0) is 26.7 Å². The molecule has 0 spiro atoms. The first kappa shape index (κ1) is 12.0. The molecule has 1 aliphatic heterocycles. The SMILES string of the molecule is CC(C)n1cc(OCC(=O)N2CCCC2)cn1. The van der Waals surface area contributed by atoms with Crippen LogP contribution in [0.5, 0.6) is 5.75 Å². The van der Waals surface area contributed by atoms with E-state index in [1.807, 2.05) is 29.6 Å². The highest BCUT2D eigenvalue weighted by Gasteiger charge is 2.18. The molecule has 17 heavy (non-hydrogen) atoms. The molecule has 2 rings (SSSR count). The number of hydrogen-bond acceptors (Lipinski definition) is 3. The lowest BCUT2D eigenvalue weighted by atomic mass is 10.4. The predicted octanol–water partition coefficient (Wildman–Crippen LogP) is 1.47. The summed E-state index contributed by atoms with van der Waals surface area (Å²) < 4.78 is 7.25. The molecule has 1 aromatic rings. The zero-order valence-corrected chi connectivity index (χ0v) is 10.4. The van der Waals surface area contributed by atoms with Crippen molar-refractivity contribution in [1.29, 1.82) is 0 Å². The molecule has 1 fully saturated rings. The van der Waals surface area contributed by atoms with E-state index in [0.29, 0.717) is 11.8 Å². The number of nitrogens with zero attached hydrogens (tertiary/aromatic N) is 3. The largest absolute Gasteiger partial charge is 0.480 e. The average molecular weight is 237 g/mol. The Balaban J connectivity index is 1.82. The molecular weight excluding hydrogens is 218 g/mol. The van der Waals surface area contributed by atoms with Gasteiger partial charge in [0, 0.05) is 19.1 Å². The van der Waals surface area contributed by atoms with Crippen LogP contribution in [-0.4, -0.2) is 40.3 Å². The molecule has 0 aromatic carbocycles. The maximum atomic E-state index is 11.7. The molecule has 0 radical (unpaired) electrons. The summed E-state index contributed by atoms with van der Waals surface area (Å²) in [6.07, 6.45) is 5.69. The second kappa shape index (κ2) is 5.21. The third-order valence-electron chi connectivity index (χ3n) is 2.93.